The number of aliphatic hydroxyl groups excluding tert-OH is 1. The Morgan fingerprint density at radius 2 is 1.48 bits per heavy atom. The molecule has 0 aliphatic carbocycles. The number of hydrogen-bond acceptors (Lipinski definition) is 2. The van der Waals surface area contributed by atoms with Crippen LogP contribution in [0.25, 0.3) is 0 Å². The minimum Gasteiger partial charge on any atom is -0.392 e. The zero-order valence-corrected chi connectivity index (χ0v) is 14.2. The van der Waals surface area contributed by atoms with Crippen LogP contribution >= 0.6 is 0 Å². The standard InChI is InChI=1S/C21H29NO/c1-5-20(23)21(16-17(2)22(3)4,18-12-8-6-9-13-18)19-14-10-7-11-15-19/h6-15,17,20,23H,5,16H2,1-4H3/t17-,20+/m1/s1/i1D3. The summed E-state index contributed by atoms with van der Waals surface area (Å²) < 4.78 is 23.1. The molecule has 0 saturated carbocycles. The lowest BCUT2D eigenvalue weighted by atomic mass is 9.66. The fraction of sp³-hybridized carbons (Fsp3) is 0.429. The third-order valence-electron chi connectivity index (χ3n) is 4.84. The summed E-state index contributed by atoms with van der Waals surface area (Å²) in [7, 11) is 4.00. The van der Waals surface area contributed by atoms with Crippen molar-refractivity contribution in [3.8, 4) is 0 Å². The molecule has 2 rings (SSSR count). The molecule has 2 atom stereocenters. The van der Waals surface area contributed by atoms with E-state index < -0.39 is 18.4 Å². The Kier molecular flexibility index (Phi) is 4.64. The third kappa shape index (κ3) is 3.65. The monoisotopic (exact) mass is 314 g/mol. The van der Waals surface area contributed by atoms with Gasteiger partial charge in [0, 0.05) is 15.6 Å². The van der Waals surface area contributed by atoms with Crippen LogP contribution in [0.3, 0.4) is 0 Å². The Hall–Kier alpha value is -1.64. The van der Waals surface area contributed by atoms with Crippen LogP contribution in [0.2, 0.25) is 0 Å². The first-order valence-electron chi connectivity index (χ1n) is 9.62. The SMILES string of the molecule is [2H]C([2H])([2H])C[C@H](O)C(C[C@@H](C)N(C)C)(c1ccccc1)c1ccccc1. The van der Waals surface area contributed by atoms with Gasteiger partial charge in [-0.05, 0) is 45.0 Å². The lowest BCUT2D eigenvalue weighted by molar-refractivity contribution is 0.0773. The van der Waals surface area contributed by atoms with Crippen molar-refractivity contribution in [2.75, 3.05) is 14.1 Å². The van der Waals surface area contributed by atoms with Gasteiger partial charge in [-0.1, -0.05) is 67.5 Å². The molecule has 0 radical (unpaired) electrons. The van der Waals surface area contributed by atoms with Gasteiger partial charge in [-0.15, -0.1) is 0 Å². The molecule has 0 aliphatic rings. The van der Waals surface area contributed by atoms with Crippen LogP contribution < -0.4 is 0 Å². The molecule has 23 heavy (non-hydrogen) atoms. The van der Waals surface area contributed by atoms with Gasteiger partial charge in [0.25, 0.3) is 0 Å². The highest BCUT2D eigenvalue weighted by molar-refractivity contribution is 5.41. The van der Waals surface area contributed by atoms with Gasteiger partial charge in [-0.3, -0.25) is 0 Å². The highest BCUT2D eigenvalue weighted by Gasteiger charge is 2.41. The van der Waals surface area contributed by atoms with Gasteiger partial charge in [0.1, 0.15) is 0 Å². The zero-order valence-electron chi connectivity index (χ0n) is 17.2. The summed E-state index contributed by atoms with van der Waals surface area (Å²) in [4.78, 5) is 2.10. The number of aliphatic hydroxyl groups is 1. The molecule has 0 amide bonds. The largest absolute Gasteiger partial charge is 0.392 e. The molecule has 2 heteroatoms. The van der Waals surface area contributed by atoms with Crippen LogP contribution in [0, 0.1) is 0 Å². The van der Waals surface area contributed by atoms with Gasteiger partial charge in [0.15, 0.2) is 0 Å². The molecule has 0 aromatic heterocycles. The van der Waals surface area contributed by atoms with E-state index in [-0.39, 0.29) is 12.5 Å². The Bertz CT molecular complexity index is 631. The normalized spacial score (nSPS) is 17.2. The first-order valence-corrected chi connectivity index (χ1v) is 8.12. The number of rotatable bonds is 7. The van der Waals surface area contributed by atoms with Gasteiger partial charge in [0.2, 0.25) is 0 Å². The van der Waals surface area contributed by atoms with Crippen LogP contribution in [-0.4, -0.2) is 36.2 Å². The average Bonchev–Trinajstić information content (AvgIpc) is 2.59. The van der Waals surface area contributed by atoms with Gasteiger partial charge in [0.05, 0.1) is 6.10 Å². The number of hydrogen-bond donors (Lipinski definition) is 1. The highest BCUT2D eigenvalue weighted by Crippen LogP contribution is 2.41. The summed E-state index contributed by atoms with van der Waals surface area (Å²) in [6.45, 7) is -0.0989. The topological polar surface area (TPSA) is 23.5 Å². The Morgan fingerprint density at radius 3 is 1.87 bits per heavy atom. The molecule has 0 spiro atoms. The molecule has 0 bridgehead atoms. The van der Waals surface area contributed by atoms with Crippen molar-refractivity contribution >= 4 is 0 Å². The fourth-order valence-corrected chi connectivity index (χ4v) is 3.22. The van der Waals surface area contributed by atoms with Crippen LogP contribution in [0.15, 0.2) is 60.7 Å². The van der Waals surface area contributed by atoms with Crippen LogP contribution in [0.5, 0.6) is 0 Å². The van der Waals surface area contributed by atoms with E-state index in [0.717, 1.165) is 11.1 Å². The predicted octanol–water partition coefficient (Wildman–Crippen LogP) is 4.08. The molecule has 2 nitrogen and oxygen atoms in total. The summed E-state index contributed by atoms with van der Waals surface area (Å²) in [5, 5.41) is 11.3. The summed E-state index contributed by atoms with van der Waals surface area (Å²) >= 11 is 0. The smallest absolute Gasteiger partial charge is 0.0675 e. The van der Waals surface area contributed by atoms with E-state index in [1.54, 1.807) is 0 Å². The van der Waals surface area contributed by atoms with Crippen LogP contribution in [0.4, 0.5) is 0 Å². The summed E-state index contributed by atoms with van der Waals surface area (Å²) in [5.41, 5.74) is 1.09. The second-order valence-electron chi connectivity index (χ2n) is 6.44. The van der Waals surface area contributed by atoms with Crippen molar-refractivity contribution in [3.05, 3.63) is 71.8 Å². The fourth-order valence-electron chi connectivity index (χ4n) is 3.22. The first-order chi connectivity index (χ1) is 12.2. The van der Waals surface area contributed by atoms with Crippen LogP contribution in [-0.2, 0) is 5.41 Å². The number of benzene rings is 2. The predicted molar refractivity (Wildman–Crippen MR) is 97.7 cm³/mol. The van der Waals surface area contributed by atoms with E-state index >= 15 is 0 Å². The highest BCUT2D eigenvalue weighted by atomic mass is 16.3. The molecule has 124 valence electrons. The molecule has 2 aromatic rings. The van der Waals surface area contributed by atoms with Gasteiger partial charge in [-0.25, -0.2) is 0 Å². The second-order valence-corrected chi connectivity index (χ2v) is 6.44. The molecule has 0 saturated heterocycles. The van der Waals surface area contributed by atoms with E-state index in [2.05, 4.69) is 11.8 Å². The van der Waals surface area contributed by atoms with Gasteiger partial charge >= 0.3 is 0 Å². The minimum atomic E-state index is -2.20. The van der Waals surface area contributed by atoms with E-state index in [4.69, 9.17) is 4.11 Å². The second kappa shape index (κ2) is 7.76. The van der Waals surface area contributed by atoms with Crippen molar-refractivity contribution in [1.29, 1.82) is 0 Å². The molecule has 0 fully saturated rings. The van der Waals surface area contributed by atoms with Crippen LogP contribution in [0.1, 0.15) is 41.9 Å². The zero-order chi connectivity index (χ0) is 19.4. The van der Waals surface area contributed by atoms with Crippen molar-refractivity contribution in [2.24, 2.45) is 0 Å². The molecule has 0 aliphatic heterocycles. The lowest BCUT2D eigenvalue weighted by Crippen LogP contribution is -2.45. The molecule has 2 aromatic carbocycles. The van der Waals surface area contributed by atoms with Gasteiger partial charge < -0.3 is 10.0 Å². The van der Waals surface area contributed by atoms with Crippen molar-refractivity contribution in [2.45, 2.75) is 44.2 Å². The van der Waals surface area contributed by atoms with E-state index in [9.17, 15) is 5.11 Å². The lowest BCUT2D eigenvalue weighted by Gasteiger charge is -2.42. The van der Waals surface area contributed by atoms with Crippen molar-refractivity contribution in [1.82, 2.24) is 4.90 Å². The maximum Gasteiger partial charge on any atom is 0.0675 e. The van der Waals surface area contributed by atoms with Crippen molar-refractivity contribution in [3.63, 3.8) is 0 Å². The number of nitrogens with zero attached hydrogens (tertiary/aromatic N) is 1. The Labute approximate surface area is 145 Å². The molecule has 0 heterocycles. The summed E-state index contributed by atoms with van der Waals surface area (Å²) in [5.74, 6) is 0. The molecule has 1 N–H and O–H groups in total. The molecular weight excluding hydrogens is 282 g/mol. The van der Waals surface area contributed by atoms with Gasteiger partial charge in [-0.2, -0.15) is 0 Å². The average molecular weight is 314 g/mol. The van der Waals surface area contributed by atoms with E-state index in [1.807, 2.05) is 74.8 Å². The van der Waals surface area contributed by atoms with E-state index in [0.29, 0.717) is 6.42 Å². The Morgan fingerprint density at radius 1 is 1.00 bits per heavy atom. The maximum atomic E-state index is 11.3. The summed E-state index contributed by atoms with van der Waals surface area (Å²) in [6, 6.07) is 19.7. The summed E-state index contributed by atoms with van der Waals surface area (Å²) in [6.07, 6.45) is -0.662. The molecule has 0 unspecified atom stereocenters. The molecular formula is C21H29NO. The first kappa shape index (κ1) is 13.8. The maximum absolute atomic E-state index is 11.3. The van der Waals surface area contributed by atoms with E-state index in [1.165, 1.54) is 0 Å². The Balaban J connectivity index is 2.66. The minimum absolute atomic E-state index is 0.154. The van der Waals surface area contributed by atoms with Crippen molar-refractivity contribution < 1.29 is 9.22 Å². The quantitative estimate of drug-likeness (QED) is 0.832. The third-order valence-corrected chi connectivity index (χ3v) is 4.84.